The lowest BCUT2D eigenvalue weighted by molar-refractivity contribution is -0.178. The number of esters is 2. The molecule has 1 heterocycles. The van der Waals surface area contributed by atoms with Crippen molar-refractivity contribution in [1.29, 1.82) is 0 Å². The first-order chi connectivity index (χ1) is 18.8. The molecule has 0 radical (unpaired) electrons. The number of cyclic esters (lactones) is 2. The molecule has 9 nitrogen and oxygen atoms in total. The van der Waals surface area contributed by atoms with Gasteiger partial charge in [-0.2, -0.15) is 0 Å². The average Bonchev–Trinajstić information content (AvgIpc) is 2.89. The third-order valence-corrected chi connectivity index (χ3v) is 6.90. The fraction of sp³-hybridized carbons (Fsp3) is 0.533. The van der Waals surface area contributed by atoms with Gasteiger partial charge < -0.3 is 24.8 Å². The minimum atomic E-state index is -1.17. The molecule has 0 saturated carbocycles. The Morgan fingerprint density at radius 1 is 1.18 bits per heavy atom. The molecule has 1 aliphatic rings. The van der Waals surface area contributed by atoms with Crippen LogP contribution in [-0.4, -0.2) is 55.7 Å². The highest BCUT2D eigenvalue weighted by Crippen LogP contribution is 2.26. The van der Waals surface area contributed by atoms with Gasteiger partial charge in [-0.05, 0) is 50.0 Å². The summed E-state index contributed by atoms with van der Waals surface area (Å²) in [5, 5.41) is 5.84. The van der Waals surface area contributed by atoms with Crippen molar-refractivity contribution in [3.8, 4) is 5.75 Å². The van der Waals surface area contributed by atoms with Crippen LogP contribution in [0.25, 0.3) is 0 Å². The van der Waals surface area contributed by atoms with Crippen LogP contribution in [0.4, 0.5) is 0 Å². The van der Waals surface area contributed by atoms with Gasteiger partial charge in [-0.15, -0.1) is 6.58 Å². The van der Waals surface area contributed by atoms with Crippen molar-refractivity contribution < 1.29 is 33.4 Å². The summed E-state index contributed by atoms with van der Waals surface area (Å²) in [6, 6.07) is 4.14. The van der Waals surface area contributed by atoms with Crippen LogP contribution in [0.2, 0.25) is 5.02 Å². The van der Waals surface area contributed by atoms with Gasteiger partial charge in [0.15, 0.2) is 6.10 Å². The first-order valence-corrected chi connectivity index (χ1v) is 13.8. The van der Waals surface area contributed by atoms with Crippen LogP contribution >= 0.6 is 11.6 Å². The molecule has 0 fully saturated rings. The summed E-state index contributed by atoms with van der Waals surface area (Å²) in [6.45, 7) is 12.6. The van der Waals surface area contributed by atoms with Crippen molar-refractivity contribution in [1.82, 2.24) is 10.6 Å². The van der Waals surface area contributed by atoms with Gasteiger partial charge in [0.2, 0.25) is 11.8 Å². The maximum Gasteiger partial charge on any atom is 0.347 e. The number of hydrogen-bond acceptors (Lipinski definition) is 7. The average molecular weight is 577 g/mol. The van der Waals surface area contributed by atoms with Gasteiger partial charge in [0.1, 0.15) is 17.9 Å². The molecule has 2 N–H and O–H groups in total. The second-order valence-corrected chi connectivity index (χ2v) is 11.5. The van der Waals surface area contributed by atoms with Gasteiger partial charge in [0, 0.05) is 25.3 Å². The maximum atomic E-state index is 13.3. The van der Waals surface area contributed by atoms with E-state index in [1.54, 1.807) is 44.2 Å². The highest BCUT2D eigenvalue weighted by molar-refractivity contribution is 6.32. The molecular weight excluding hydrogens is 536 g/mol. The van der Waals surface area contributed by atoms with Gasteiger partial charge in [0.25, 0.3) is 0 Å². The van der Waals surface area contributed by atoms with Crippen LogP contribution in [-0.2, 0) is 35.1 Å². The van der Waals surface area contributed by atoms with Gasteiger partial charge in [-0.3, -0.25) is 14.4 Å². The molecule has 10 heteroatoms. The zero-order valence-corrected chi connectivity index (χ0v) is 24.9. The molecular formula is C30H41ClN2O7. The Morgan fingerprint density at radius 2 is 1.88 bits per heavy atom. The molecule has 0 unspecified atom stereocenters. The minimum absolute atomic E-state index is 0.0462. The molecule has 0 bridgehead atoms. The van der Waals surface area contributed by atoms with E-state index in [4.69, 9.17) is 25.8 Å². The normalized spacial score (nSPS) is 24.2. The second kappa shape index (κ2) is 14.9. The topological polar surface area (TPSA) is 120 Å². The predicted molar refractivity (Wildman–Crippen MR) is 153 cm³/mol. The van der Waals surface area contributed by atoms with E-state index in [9.17, 15) is 19.2 Å². The summed E-state index contributed by atoms with van der Waals surface area (Å²) in [5.74, 6) is -2.01. The van der Waals surface area contributed by atoms with Crippen molar-refractivity contribution in [3.05, 3.63) is 53.6 Å². The molecule has 2 amide bonds. The number of amides is 2. The van der Waals surface area contributed by atoms with E-state index in [1.807, 2.05) is 20.8 Å². The van der Waals surface area contributed by atoms with Gasteiger partial charge in [-0.1, -0.05) is 50.6 Å². The fourth-order valence-corrected chi connectivity index (χ4v) is 4.25. The first kappa shape index (κ1) is 32.9. The summed E-state index contributed by atoms with van der Waals surface area (Å²) in [4.78, 5) is 52.3. The van der Waals surface area contributed by atoms with E-state index in [2.05, 4.69) is 17.2 Å². The zero-order chi connectivity index (χ0) is 30.0. The summed E-state index contributed by atoms with van der Waals surface area (Å²) in [7, 11) is 1.50. The molecule has 0 aliphatic carbocycles. The molecule has 2 rings (SSSR count). The Labute approximate surface area is 241 Å². The molecule has 0 spiro atoms. The molecule has 220 valence electrons. The summed E-state index contributed by atoms with van der Waals surface area (Å²) in [5.41, 5.74) is -0.472. The molecule has 40 heavy (non-hydrogen) atoms. The number of rotatable bonds is 7. The lowest BCUT2D eigenvalue weighted by Crippen LogP contribution is -2.51. The van der Waals surface area contributed by atoms with E-state index in [-0.39, 0.29) is 37.6 Å². The molecule has 0 aromatic heterocycles. The Morgan fingerprint density at radius 3 is 2.48 bits per heavy atom. The number of methoxy groups -OCH3 is 1. The van der Waals surface area contributed by atoms with Crippen molar-refractivity contribution >= 4 is 35.4 Å². The fourth-order valence-electron chi connectivity index (χ4n) is 3.97. The highest BCUT2D eigenvalue weighted by Gasteiger charge is 2.36. The Bertz CT molecular complexity index is 1120. The van der Waals surface area contributed by atoms with Crippen LogP contribution < -0.4 is 15.4 Å². The van der Waals surface area contributed by atoms with E-state index in [0.29, 0.717) is 16.3 Å². The van der Waals surface area contributed by atoms with Crippen LogP contribution in [0.15, 0.2) is 43.0 Å². The third-order valence-electron chi connectivity index (χ3n) is 6.61. The third kappa shape index (κ3) is 9.70. The molecule has 0 saturated heterocycles. The lowest BCUT2D eigenvalue weighted by atomic mass is 9.93. The number of carbonyl (C=O) groups excluding carboxylic acids is 4. The minimum Gasteiger partial charge on any atom is -0.495 e. The van der Waals surface area contributed by atoms with E-state index in [0.717, 1.165) is 0 Å². The van der Waals surface area contributed by atoms with Crippen LogP contribution in [0.5, 0.6) is 5.75 Å². The van der Waals surface area contributed by atoms with Crippen LogP contribution in [0, 0.1) is 17.3 Å². The Balaban J connectivity index is 2.41. The highest BCUT2D eigenvalue weighted by atomic mass is 35.5. The largest absolute Gasteiger partial charge is 0.495 e. The van der Waals surface area contributed by atoms with E-state index >= 15 is 0 Å². The number of halogens is 1. The summed E-state index contributed by atoms with van der Waals surface area (Å²) < 4.78 is 16.6. The second-order valence-electron chi connectivity index (χ2n) is 11.1. The smallest absolute Gasteiger partial charge is 0.347 e. The van der Waals surface area contributed by atoms with Gasteiger partial charge >= 0.3 is 11.9 Å². The number of ether oxygens (including phenoxy) is 3. The SMILES string of the molecule is C=C[C@@H](C)[C@@H]1C/C=C/C(=O)N[C@@H](Cc2ccc(OC)c(Cl)c2)C(=O)NCC(C)(C)C(=O)O[C@@H](CC(C)C)C(=O)O1. The van der Waals surface area contributed by atoms with E-state index in [1.165, 1.54) is 13.2 Å². The van der Waals surface area contributed by atoms with Crippen LogP contribution in [0.1, 0.15) is 53.0 Å². The molecule has 1 aliphatic heterocycles. The van der Waals surface area contributed by atoms with Crippen LogP contribution in [0.3, 0.4) is 0 Å². The van der Waals surface area contributed by atoms with E-state index < -0.39 is 47.4 Å². The zero-order valence-electron chi connectivity index (χ0n) is 24.1. The van der Waals surface area contributed by atoms with Gasteiger partial charge in [0.05, 0.1) is 17.5 Å². The molecule has 4 atom stereocenters. The molecule has 1 aromatic rings. The summed E-state index contributed by atoms with van der Waals surface area (Å²) >= 11 is 6.26. The molecule has 1 aromatic carbocycles. The van der Waals surface area contributed by atoms with Crippen molar-refractivity contribution in [2.45, 2.75) is 72.1 Å². The maximum absolute atomic E-state index is 13.3. The number of nitrogens with one attached hydrogen (secondary N) is 2. The van der Waals surface area contributed by atoms with Crippen molar-refractivity contribution in [2.75, 3.05) is 13.7 Å². The number of hydrogen-bond donors (Lipinski definition) is 2. The van der Waals surface area contributed by atoms with Crippen molar-refractivity contribution in [3.63, 3.8) is 0 Å². The predicted octanol–water partition coefficient (Wildman–Crippen LogP) is 4.17. The standard InChI is InChI=1S/C30H41ClN2O7/c1-8-19(4)23-10-9-11-26(34)33-22(16-20-12-13-24(38-7)21(31)15-20)27(35)32-17-30(5,6)29(37)40-25(14-18(2)3)28(36)39-23/h8-9,11-13,15,18-19,22-23,25H,1,10,14,16-17H2,2-7H3,(H,32,35)(H,33,34)/b11-9+/t19-,22+,23+,25+/m1/s1. The number of carbonyl (C=O) groups is 4. The van der Waals surface area contributed by atoms with Gasteiger partial charge in [-0.25, -0.2) is 4.79 Å². The quantitative estimate of drug-likeness (QED) is 0.369. The Hall–Kier alpha value is -3.33. The number of benzene rings is 1. The summed E-state index contributed by atoms with van der Waals surface area (Å²) in [6.07, 6.45) is 3.41. The Kier molecular flexibility index (Phi) is 12.2. The monoisotopic (exact) mass is 576 g/mol. The van der Waals surface area contributed by atoms with Crippen molar-refractivity contribution in [2.24, 2.45) is 17.3 Å². The lowest BCUT2D eigenvalue weighted by Gasteiger charge is -2.29. The first-order valence-electron chi connectivity index (χ1n) is 13.4.